The first-order valence-electron chi connectivity index (χ1n) is 5.89. The van der Waals surface area contributed by atoms with Crippen LogP contribution in [0.4, 0.5) is 0 Å². The van der Waals surface area contributed by atoms with Gasteiger partial charge in [0.1, 0.15) is 0 Å². The molecule has 2 aliphatic heterocycles. The zero-order valence-corrected chi connectivity index (χ0v) is 9.08. The van der Waals surface area contributed by atoms with Gasteiger partial charge in [0.15, 0.2) is 0 Å². The summed E-state index contributed by atoms with van der Waals surface area (Å²) in [6, 6.07) is 0. The second-order valence-electron chi connectivity index (χ2n) is 4.64. The van der Waals surface area contributed by atoms with Gasteiger partial charge in [-0.3, -0.25) is 4.79 Å². The summed E-state index contributed by atoms with van der Waals surface area (Å²) in [5.74, 6) is 0.443. The lowest BCUT2D eigenvalue weighted by Crippen LogP contribution is -2.43. The molecule has 3 atom stereocenters. The third-order valence-corrected chi connectivity index (χ3v) is 3.58. The third-order valence-electron chi connectivity index (χ3n) is 3.58. The fourth-order valence-corrected chi connectivity index (χ4v) is 2.61. The lowest BCUT2D eigenvalue weighted by Gasteiger charge is -2.35. The van der Waals surface area contributed by atoms with Crippen molar-refractivity contribution in [1.29, 1.82) is 0 Å². The highest BCUT2D eigenvalue weighted by Crippen LogP contribution is 2.28. The summed E-state index contributed by atoms with van der Waals surface area (Å²) in [4.78, 5) is 11.1. The second kappa shape index (κ2) is 4.94. The molecular weight excluding hydrogens is 192 g/mol. The fourth-order valence-electron chi connectivity index (χ4n) is 2.61. The Morgan fingerprint density at radius 3 is 2.93 bits per heavy atom. The van der Waals surface area contributed by atoms with Crippen LogP contribution in [0.1, 0.15) is 25.7 Å². The van der Waals surface area contributed by atoms with Crippen molar-refractivity contribution in [3.05, 3.63) is 0 Å². The highest BCUT2D eigenvalue weighted by Gasteiger charge is 2.32. The SMILES string of the molecule is NC(=O)C1CCOC([C@H]2CCCNC2)C1. The lowest BCUT2D eigenvalue weighted by molar-refractivity contribution is -0.128. The van der Waals surface area contributed by atoms with Crippen molar-refractivity contribution in [3.8, 4) is 0 Å². The van der Waals surface area contributed by atoms with Crippen molar-refractivity contribution in [2.45, 2.75) is 31.8 Å². The summed E-state index contributed by atoms with van der Waals surface area (Å²) >= 11 is 0. The van der Waals surface area contributed by atoms with E-state index in [9.17, 15) is 4.79 Å². The highest BCUT2D eigenvalue weighted by atomic mass is 16.5. The number of nitrogens with one attached hydrogen (secondary N) is 1. The zero-order valence-electron chi connectivity index (χ0n) is 9.08. The smallest absolute Gasteiger partial charge is 0.220 e. The van der Waals surface area contributed by atoms with Gasteiger partial charge < -0.3 is 15.8 Å². The van der Waals surface area contributed by atoms with Gasteiger partial charge in [0.05, 0.1) is 6.10 Å². The first-order valence-corrected chi connectivity index (χ1v) is 5.89. The molecule has 0 spiro atoms. The van der Waals surface area contributed by atoms with Gasteiger partial charge in [-0.05, 0) is 38.1 Å². The Bertz CT molecular complexity index is 227. The minimum atomic E-state index is -0.160. The molecule has 15 heavy (non-hydrogen) atoms. The maximum absolute atomic E-state index is 11.1. The molecule has 0 aromatic heterocycles. The van der Waals surface area contributed by atoms with E-state index in [0.29, 0.717) is 12.5 Å². The molecule has 3 N–H and O–H groups in total. The van der Waals surface area contributed by atoms with Gasteiger partial charge in [-0.15, -0.1) is 0 Å². The second-order valence-corrected chi connectivity index (χ2v) is 4.64. The largest absolute Gasteiger partial charge is 0.378 e. The number of primary amides is 1. The normalized spacial score (nSPS) is 37.5. The van der Waals surface area contributed by atoms with E-state index >= 15 is 0 Å². The topological polar surface area (TPSA) is 64.4 Å². The number of piperidine rings is 1. The molecule has 4 nitrogen and oxygen atoms in total. The van der Waals surface area contributed by atoms with E-state index in [-0.39, 0.29) is 17.9 Å². The standard InChI is InChI=1S/C11H20N2O2/c12-11(14)8-3-5-15-10(6-8)9-2-1-4-13-7-9/h8-10,13H,1-7H2,(H2,12,14)/t8?,9-,10?/m0/s1. The molecular formula is C11H20N2O2. The van der Waals surface area contributed by atoms with Crippen LogP contribution in [0.5, 0.6) is 0 Å². The van der Waals surface area contributed by atoms with E-state index in [1.807, 2.05) is 0 Å². The molecule has 0 saturated carbocycles. The molecule has 0 aromatic rings. The predicted molar refractivity (Wildman–Crippen MR) is 57.3 cm³/mol. The van der Waals surface area contributed by atoms with Gasteiger partial charge >= 0.3 is 0 Å². The molecule has 0 aliphatic carbocycles. The molecule has 0 radical (unpaired) electrons. The van der Waals surface area contributed by atoms with E-state index < -0.39 is 0 Å². The number of hydrogen-bond donors (Lipinski definition) is 2. The molecule has 2 rings (SSSR count). The average Bonchev–Trinajstić information content (AvgIpc) is 2.30. The molecule has 2 unspecified atom stereocenters. The van der Waals surface area contributed by atoms with Crippen molar-refractivity contribution >= 4 is 5.91 Å². The molecule has 2 fully saturated rings. The number of amides is 1. The molecule has 2 heterocycles. The van der Waals surface area contributed by atoms with Crippen LogP contribution in [0.15, 0.2) is 0 Å². The number of carbonyl (C=O) groups excluding carboxylic acids is 1. The summed E-state index contributed by atoms with van der Waals surface area (Å²) in [6.45, 7) is 2.83. The van der Waals surface area contributed by atoms with Gasteiger partial charge in [0.2, 0.25) is 5.91 Å². The molecule has 86 valence electrons. The van der Waals surface area contributed by atoms with Crippen molar-refractivity contribution < 1.29 is 9.53 Å². The number of carbonyl (C=O) groups is 1. The van der Waals surface area contributed by atoms with Crippen LogP contribution >= 0.6 is 0 Å². The summed E-state index contributed by atoms with van der Waals surface area (Å²) in [5.41, 5.74) is 5.35. The Balaban J connectivity index is 1.88. The van der Waals surface area contributed by atoms with Gasteiger partial charge in [-0.25, -0.2) is 0 Å². The Morgan fingerprint density at radius 1 is 1.40 bits per heavy atom. The van der Waals surface area contributed by atoms with Crippen LogP contribution in [-0.2, 0) is 9.53 Å². The van der Waals surface area contributed by atoms with Crippen LogP contribution in [0.3, 0.4) is 0 Å². The van der Waals surface area contributed by atoms with Crippen molar-refractivity contribution in [3.63, 3.8) is 0 Å². The van der Waals surface area contributed by atoms with E-state index in [0.717, 1.165) is 25.9 Å². The molecule has 0 bridgehead atoms. The Hall–Kier alpha value is -0.610. The monoisotopic (exact) mass is 212 g/mol. The van der Waals surface area contributed by atoms with E-state index in [1.54, 1.807) is 0 Å². The first-order chi connectivity index (χ1) is 7.27. The van der Waals surface area contributed by atoms with Crippen molar-refractivity contribution in [1.82, 2.24) is 5.32 Å². The van der Waals surface area contributed by atoms with Gasteiger partial charge in [-0.1, -0.05) is 0 Å². The molecule has 0 aromatic carbocycles. The third kappa shape index (κ3) is 2.69. The highest BCUT2D eigenvalue weighted by molar-refractivity contribution is 5.76. The van der Waals surface area contributed by atoms with Crippen LogP contribution in [0.2, 0.25) is 0 Å². The van der Waals surface area contributed by atoms with Gasteiger partial charge in [0.25, 0.3) is 0 Å². The van der Waals surface area contributed by atoms with Gasteiger partial charge in [0, 0.05) is 19.1 Å². The maximum atomic E-state index is 11.1. The van der Waals surface area contributed by atoms with Crippen LogP contribution in [-0.4, -0.2) is 31.7 Å². The Labute approximate surface area is 90.5 Å². The zero-order chi connectivity index (χ0) is 10.7. The lowest BCUT2D eigenvalue weighted by atomic mass is 9.85. The fraction of sp³-hybridized carbons (Fsp3) is 0.909. The average molecular weight is 212 g/mol. The summed E-state index contributed by atoms with van der Waals surface area (Å²) in [7, 11) is 0. The quantitative estimate of drug-likeness (QED) is 0.690. The number of nitrogens with two attached hydrogens (primary N) is 1. The van der Waals surface area contributed by atoms with E-state index in [2.05, 4.69) is 5.32 Å². The Kier molecular flexibility index (Phi) is 3.59. The Morgan fingerprint density at radius 2 is 2.27 bits per heavy atom. The maximum Gasteiger partial charge on any atom is 0.220 e. The van der Waals surface area contributed by atoms with Crippen molar-refractivity contribution in [2.75, 3.05) is 19.7 Å². The molecule has 2 aliphatic rings. The summed E-state index contributed by atoms with van der Waals surface area (Å²) < 4.78 is 5.75. The number of hydrogen-bond acceptors (Lipinski definition) is 3. The minimum Gasteiger partial charge on any atom is -0.378 e. The van der Waals surface area contributed by atoms with E-state index in [4.69, 9.17) is 10.5 Å². The number of ether oxygens (including phenoxy) is 1. The summed E-state index contributed by atoms with van der Waals surface area (Å²) in [6.07, 6.45) is 4.28. The van der Waals surface area contributed by atoms with Crippen LogP contribution in [0, 0.1) is 11.8 Å². The molecule has 4 heteroatoms. The van der Waals surface area contributed by atoms with Crippen LogP contribution in [0.25, 0.3) is 0 Å². The molecule has 1 amide bonds. The van der Waals surface area contributed by atoms with Crippen molar-refractivity contribution in [2.24, 2.45) is 17.6 Å². The first kappa shape index (κ1) is 10.9. The van der Waals surface area contributed by atoms with Crippen LogP contribution < -0.4 is 11.1 Å². The van der Waals surface area contributed by atoms with E-state index in [1.165, 1.54) is 12.8 Å². The molecule has 2 saturated heterocycles. The minimum absolute atomic E-state index is 0.0330. The van der Waals surface area contributed by atoms with Gasteiger partial charge in [-0.2, -0.15) is 0 Å². The predicted octanol–water partition coefficient (Wildman–Crippen LogP) is 0.266. The summed E-state index contributed by atoms with van der Waals surface area (Å²) in [5, 5.41) is 3.38. The number of rotatable bonds is 2.